The van der Waals surface area contributed by atoms with Gasteiger partial charge in [0.25, 0.3) is 0 Å². The molecule has 0 radical (unpaired) electrons. The van der Waals surface area contributed by atoms with E-state index in [-0.39, 0.29) is 18.8 Å². The van der Waals surface area contributed by atoms with Crippen molar-refractivity contribution in [3.8, 4) is 0 Å². The lowest BCUT2D eigenvalue weighted by Crippen LogP contribution is -2.60. The highest BCUT2D eigenvalue weighted by molar-refractivity contribution is 5.94. The zero-order valence-corrected chi connectivity index (χ0v) is 22.8. The number of carboxylic acids is 1. The molecule has 0 aliphatic rings. The van der Waals surface area contributed by atoms with E-state index >= 15 is 0 Å². The van der Waals surface area contributed by atoms with Crippen LogP contribution < -0.4 is 27.4 Å². The van der Waals surface area contributed by atoms with Crippen LogP contribution in [0.15, 0.2) is 30.5 Å². The molecule has 2 aromatic rings. The third kappa shape index (κ3) is 9.05. The highest BCUT2D eigenvalue weighted by Crippen LogP contribution is 2.19. The van der Waals surface area contributed by atoms with E-state index in [2.05, 4.69) is 20.9 Å². The number of hydrogen-bond acceptors (Lipinski definition) is 7. The van der Waals surface area contributed by atoms with Crippen molar-refractivity contribution in [2.45, 2.75) is 83.1 Å². The molecule has 0 fully saturated rings. The number of aromatic nitrogens is 1. The number of aliphatic carboxylic acids is 1. The molecular weight excluding hydrogens is 504 g/mol. The third-order valence-corrected chi connectivity index (χ3v) is 6.87. The van der Waals surface area contributed by atoms with E-state index in [4.69, 9.17) is 11.5 Å². The van der Waals surface area contributed by atoms with Gasteiger partial charge in [0.2, 0.25) is 17.7 Å². The number of nitrogens with one attached hydrogen (secondary N) is 4. The Morgan fingerprint density at radius 3 is 2.26 bits per heavy atom. The van der Waals surface area contributed by atoms with E-state index in [1.807, 2.05) is 31.2 Å². The summed E-state index contributed by atoms with van der Waals surface area (Å²) in [5.74, 6) is -3.62. The molecule has 0 spiro atoms. The molecule has 1 aromatic carbocycles. The second-order valence-corrected chi connectivity index (χ2v) is 9.95. The van der Waals surface area contributed by atoms with Gasteiger partial charge in [0.15, 0.2) is 0 Å². The van der Waals surface area contributed by atoms with Gasteiger partial charge in [-0.25, -0.2) is 4.79 Å². The fourth-order valence-corrected chi connectivity index (χ4v) is 4.26. The minimum Gasteiger partial charge on any atom is -0.480 e. The Labute approximate surface area is 228 Å². The normalized spacial score (nSPS) is 15.9. The van der Waals surface area contributed by atoms with Gasteiger partial charge in [-0.3, -0.25) is 14.4 Å². The van der Waals surface area contributed by atoms with E-state index in [1.165, 1.54) is 6.92 Å². The summed E-state index contributed by atoms with van der Waals surface area (Å²) in [6.45, 7) is 5.24. The fourth-order valence-electron chi connectivity index (χ4n) is 4.26. The minimum absolute atomic E-state index is 0.195. The van der Waals surface area contributed by atoms with Crippen molar-refractivity contribution in [2.24, 2.45) is 17.4 Å². The number of para-hydroxylation sites is 1. The van der Waals surface area contributed by atoms with Gasteiger partial charge in [-0.2, -0.15) is 0 Å². The molecule has 2 rings (SSSR count). The van der Waals surface area contributed by atoms with Gasteiger partial charge in [-0.05, 0) is 56.7 Å². The first-order chi connectivity index (χ1) is 18.5. The molecule has 216 valence electrons. The molecule has 12 nitrogen and oxygen atoms in total. The summed E-state index contributed by atoms with van der Waals surface area (Å²) in [6, 6.07) is 2.95. The van der Waals surface area contributed by atoms with Crippen LogP contribution in [-0.4, -0.2) is 75.7 Å². The summed E-state index contributed by atoms with van der Waals surface area (Å²) >= 11 is 0. The molecule has 39 heavy (non-hydrogen) atoms. The molecule has 0 saturated heterocycles. The predicted octanol–water partition coefficient (Wildman–Crippen LogP) is 0.133. The van der Waals surface area contributed by atoms with Gasteiger partial charge in [-0.1, -0.05) is 38.5 Å². The van der Waals surface area contributed by atoms with Gasteiger partial charge in [0, 0.05) is 17.1 Å². The number of rotatable bonds is 16. The van der Waals surface area contributed by atoms with Crippen LogP contribution in [0.5, 0.6) is 0 Å². The molecule has 10 N–H and O–H groups in total. The van der Waals surface area contributed by atoms with E-state index in [0.717, 1.165) is 16.5 Å². The number of carbonyl (C=O) groups excluding carboxylic acids is 3. The fraction of sp³-hybridized carbons (Fsp3) is 0.556. The zero-order chi connectivity index (χ0) is 29.1. The van der Waals surface area contributed by atoms with Gasteiger partial charge in [0.1, 0.15) is 18.1 Å². The lowest BCUT2D eigenvalue weighted by atomic mass is 9.98. The van der Waals surface area contributed by atoms with Crippen LogP contribution >= 0.6 is 0 Å². The Bertz CT molecular complexity index is 1120. The van der Waals surface area contributed by atoms with Crippen LogP contribution in [0.2, 0.25) is 0 Å². The minimum atomic E-state index is -1.39. The number of aliphatic hydroxyl groups is 1. The predicted molar refractivity (Wildman–Crippen MR) is 147 cm³/mol. The smallest absolute Gasteiger partial charge is 0.326 e. The molecule has 0 aliphatic carbocycles. The number of carboxylic acid groups (broad SMARTS) is 1. The van der Waals surface area contributed by atoms with Gasteiger partial charge < -0.3 is 42.6 Å². The van der Waals surface area contributed by atoms with Crippen molar-refractivity contribution in [3.63, 3.8) is 0 Å². The molecule has 6 unspecified atom stereocenters. The molecule has 0 saturated carbocycles. The molecule has 12 heteroatoms. The van der Waals surface area contributed by atoms with E-state index in [9.17, 15) is 29.4 Å². The Hall–Kier alpha value is -3.48. The molecule has 1 heterocycles. The third-order valence-electron chi connectivity index (χ3n) is 6.87. The number of carbonyl (C=O) groups is 4. The van der Waals surface area contributed by atoms with Gasteiger partial charge in [0.05, 0.1) is 12.1 Å². The van der Waals surface area contributed by atoms with Crippen molar-refractivity contribution >= 4 is 34.6 Å². The maximum atomic E-state index is 13.1. The topological polar surface area (TPSA) is 213 Å². The van der Waals surface area contributed by atoms with Gasteiger partial charge >= 0.3 is 5.97 Å². The Kier molecular flexibility index (Phi) is 12.4. The van der Waals surface area contributed by atoms with Crippen LogP contribution in [0.4, 0.5) is 0 Å². The number of H-pyrrole nitrogens is 1. The number of benzene rings is 1. The molecular formula is C27H42N6O6. The first-order valence-corrected chi connectivity index (χ1v) is 13.3. The van der Waals surface area contributed by atoms with E-state index in [1.54, 1.807) is 13.1 Å². The van der Waals surface area contributed by atoms with Crippen molar-refractivity contribution in [1.82, 2.24) is 20.9 Å². The van der Waals surface area contributed by atoms with Gasteiger partial charge in [-0.15, -0.1) is 0 Å². The highest BCUT2D eigenvalue weighted by atomic mass is 16.4. The highest BCUT2D eigenvalue weighted by Gasteiger charge is 2.33. The monoisotopic (exact) mass is 546 g/mol. The molecule has 6 atom stereocenters. The van der Waals surface area contributed by atoms with E-state index in [0.29, 0.717) is 25.8 Å². The first-order valence-electron chi connectivity index (χ1n) is 13.3. The summed E-state index contributed by atoms with van der Waals surface area (Å²) < 4.78 is 0. The maximum absolute atomic E-state index is 13.1. The largest absolute Gasteiger partial charge is 0.480 e. The number of fused-ring (bicyclic) bond motifs is 1. The number of unbranched alkanes of at least 4 members (excludes halogenated alkanes) is 1. The molecule has 0 bridgehead atoms. The van der Waals surface area contributed by atoms with E-state index < -0.39 is 54.0 Å². The van der Waals surface area contributed by atoms with Crippen molar-refractivity contribution < 1.29 is 29.4 Å². The van der Waals surface area contributed by atoms with Crippen molar-refractivity contribution in [1.29, 1.82) is 0 Å². The van der Waals surface area contributed by atoms with Crippen molar-refractivity contribution in [3.05, 3.63) is 36.0 Å². The second kappa shape index (κ2) is 15.2. The number of aromatic amines is 1. The Morgan fingerprint density at radius 1 is 0.974 bits per heavy atom. The van der Waals surface area contributed by atoms with Crippen LogP contribution in [0.3, 0.4) is 0 Å². The summed E-state index contributed by atoms with van der Waals surface area (Å²) in [6.07, 6.45) is 2.47. The average molecular weight is 547 g/mol. The lowest BCUT2D eigenvalue weighted by molar-refractivity contribution is -0.144. The molecule has 0 aliphatic heterocycles. The second-order valence-electron chi connectivity index (χ2n) is 9.95. The quantitative estimate of drug-likeness (QED) is 0.135. The number of amides is 3. The van der Waals surface area contributed by atoms with Crippen LogP contribution in [0.1, 0.15) is 52.0 Å². The summed E-state index contributed by atoms with van der Waals surface area (Å²) in [7, 11) is 0. The summed E-state index contributed by atoms with van der Waals surface area (Å²) in [5, 5.41) is 28.3. The maximum Gasteiger partial charge on any atom is 0.326 e. The Morgan fingerprint density at radius 2 is 1.64 bits per heavy atom. The number of aliphatic hydroxyl groups excluding tert-OH is 1. The lowest BCUT2D eigenvalue weighted by Gasteiger charge is -2.27. The first kappa shape index (κ1) is 31.7. The molecule has 1 aromatic heterocycles. The number of nitrogens with two attached hydrogens (primary N) is 2. The van der Waals surface area contributed by atoms with Crippen molar-refractivity contribution in [2.75, 3.05) is 6.54 Å². The Balaban J connectivity index is 2.11. The summed E-state index contributed by atoms with van der Waals surface area (Å²) in [5.41, 5.74) is 13.4. The summed E-state index contributed by atoms with van der Waals surface area (Å²) in [4.78, 5) is 53.9. The molecule has 3 amide bonds. The average Bonchev–Trinajstić information content (AvgIpc) is 3.31. The van der Waals surface area contributed by atoms with Crippen LogP contribution in [-0.2, 0) is 25.6 Å². The zero-order valence-electron chi connectivity index (χ0n) is 22.8. The number of hydrogen-bond donors (Lipinski definition) is 8. The van der Waals surface area contributed by atoms with Crippen LogP contribution in [0.25, 0.3) is 10.9 Å². The SMILES string of the molecule is CCC(C)C(NC(=O)C(CCCCN)NC(=O)C(NC(=O)C(N)Cc1c[nH]c2ccccc12)C(C)O)C(=O)O. The standard InChI is InChI=1S/C27H42N6O6/c1-4-15(2)22(27(38)39)32-25(36)21(11-7-8-12-28)31-26(37)23(16(3)34)33-24(35)19(29)13-17-14-30-20-10-6-5-9-18(17)20/h5-6,9-10,14-16,19,21-23,30,34H,4,7-8,11-13,28-29H2,1-3H3,(H,31,37)(H,32,36)(H,33,35)(H,38,39). The van der Waals surface area contributed by atoms with Crippen LogP contribution in [0, 0.1) is 5.92 Å².